The molecule has 0 spiro atoms. The molecule has 0 bridgehead atoms. The Kier molecular flexibility index (Phi) is 6.49. The van der Waals surface area contributed by atoms with Crippen LogP contribution < -0.4 is 0 Å². The highest BCUT2D eigenvalue weighted by molar-refractivity contribution is 6.18. The number of rotatable bonds is 5. The Balaban J connectivity index is 1.87. The molecule has 0 saturated carbocycles. The molecule has 3 aliphatic rings. The highest BCUT2D eigenvalue weighted by Gasteiger charge is 2.57. The zero-order valence-corrected chi connectivity index (χ0v) is 15.4. The fourth-order valence-corrected chi connectivity index (χ4v) is 3.85. The molecule has 6 N–H and O–H groups in total. The number of ether oxygens (including phenoxy) is 4. The van der Waals surface area contributed by atoms with Gasteiger partial charge in [0.05, 0.1) is 31.5 Å². The lowest BCUT2D eigenvalue weighted by molar-refractivity contribution is -0.351. The van der Waals surface area contributed by atoms with Crippen molar-refractivity contribution in [1.29, 1.82) is 0 Å². The van der Waals surface area contributed by atoms with Crippen molar-refractivity contribution in [2.45, 2.75) is 55.1 Å². The minimum atomic E-state index is -1.87. The van der Waals surface area contributed by atoms with E-state index in [0.717, 1.165) is 6.26 Å². The van der Waals surface area contributed by atoms with E-state index in [1.54, 1.807) is 0 Å². The predicted molar refractivity (Wildman–Crippen MR) is 88.6 cm³/mol. The van der Waals surface area contributed by atoms with Gasteiger partial charge < -0.3 is 49.6 Å². The van der Waals surface area contributed by atoms with E-state index < -0.39 is 67.2 Å². The van der Waals surface area contributed by atoms with Gasteiger partial charge in [-0.05, 0) is 0 Å². The molecule has 0 amide bonds. The molecule has 0 aromatic rings. The second-order valence-corrected chi connectivity index (χ2v) is 7.24. The lowest BCUT2D eigenvalue weighted by Crippen LogP contribution is -2.63. The number of alkyl halides is 1. The van der Waals surface area contributed by atoms with Crippen LogP contribution in [0.2, 0.25) is 0 Å². The van der Waals surface area contributed by atoms with E-state index in [4.69, 9.17) is 30.5 Å². The molecule has 160 valence electrons. The topological polar surface area (TPSA) is 175 Å². The van der Waals surface area contributed by atoms with E-state index >= 15 is 0 Å². The van der Waals surface area contributed by atoms with E-state index in [9.17, 15) is 35.4 Å². The van der Waals surface area contributed by atoms with Gasteiger partial charge in [0.2, 0.25) is 6.29 Å². The highest BCUT2D eigenvalue weighted by atomic mass is 35.5. The second-order valence-electron chi connectivity index (χ2n) is 6.93. The van der Waals surface area contributed by atoms with Crippen LogP contribution in [0.4, 0.5) is 0 Å². The van der Waals surface area contributed by atoms with Gasteiger partial charge in [-0.1, -0.05) is 0 Å². The standard InChI is InChI=1S/C16H23ClO11/c17-3-7(19)9-14(26-5-6-13(23)25-2-1-16(6,9)24)28-15-12(22)11(21)10(20)8(4-18)27-15/h5,7-12,14-15,18-22,24H,1-4H2/t7-,8-,9+,10-,11+,12+,14+,15+,16+/m1/s1. The average Bonchev–Trinajstić information content (AvgIpc) is 2.67. The normalized spacial score (nSPS) is 44.8. The zero-order valence-electron chi connectivity index (χ0n) is 14.6. The van der Waals surface area contributed by atoms with Crippen molar-refractivity contribution in [2.75, 3.05) is 19.1 Å². The van der Waals surface area contributed by atoms with Crippen molar-refractivity contribution >= 4 is 17.6 Å². The summed E-state index contributed by atoms with van der Waals surface area (Å²) in [4.78, 5) is 12.0. The molecule has 0 aromatic heterocycles. The number of fused-ring (bicyclic) bond motifs is 1. The number of carbonyl (C=O) groups is 1. The first-order valence-corrected chi connectivity index (χ1v) is 9.23. The van der Waals surface area contributed by atoms with Crippen molar-refractivity contribution in [1.82, 2.24) is 0 Å². The summed E-state index contributed by atoms with van der Waals surface area (Å²) in [5, 5.41) is 60.6. The minimum absolute atomic E-state index is 0.0545. The molecule has 2 fully saturated rings. The van der Waals surface area contributed by atoms with Crippen molar-refractivity contribution in [2.24, 2.45) is 5.92 Å². The van der Waals surface area contributed by atoms with Gasteiger partial charge in [-0.3, -0.25) is 0 Å². The van der Waals surface area contributed by atoms with Gasteiger partial charge >= 0.3 is 5.97 Å². The van der Waals surface area contributed by atoms with Gasteiger partial charge in [-0.25, -0.2) is 4.79 Å². The van der Waals surface area contributed by atoms with E-state index in [-0.39, 0.29) is 24.5 Å². The van der Waals surface area contributed by atoms with Crippen LogP contribution in [0.5, 0.6) is 0 Å². The van der Waals surface area contributed by atoms with Gasteiger partial charge in [0.15, 0.2) is 6.29 Å². The molecule has 9 atom stereocenters. The number of aliphatic hydroxyl groups is 6. The minimum Gasteiger partial charge on any atom is -0.471 e. The molecule has 11 nitrogen and oxygen atoms in total. The first-order chi connectivity index (χ1) is 13.2. The highest BCUT2D eigenvalue weighted by Crippen LogP contribution is 2.43. The Hall–Kier alpha value is -1.02. The Morgan fingerprint density at radius 3 is 2.61 bits per heavy atom. The quantitative estimate of drug-likeness (QED) is 0.194. The van der Waals surface area contributed by atoms with Gasteiger partial charge in [0.25, 0.3) is 0 Å². The van der Waals surface area contributed by atoms with E-state index in [2.05, 4.69) is 0 Å². The number of esters is 1. The van der Waals surface area contributed by atoms with E-state index in [1.807, 2.05) is 0 Å². The maximum Gasteiger partial charge on any atom is 0.340 e. The van der Waals surface area contributed by atoms with Gasteiger partial charge in [-0.2, -0.15) is 0 Å². The Morgan fingerprint density at radius 1 is 1.25 bits per heavy atom. The first-order valence-electron chi connectivity index (χ1n) is 8.70. The molecule has 0 aromatic carbocycles. The number of aliphatic hydroxyl groups excluding tert-OH is 5. The number of halogens is 1. The van der Waals surface area contributed by atoms with Gasteiger partial charge in [0, 0.05) is 12.3 Å². The fraction of sp³-hybridized carbons (Fsp3) is 0.812. The van der Waals surface area contributed by atoms with E-state index in [1.165, 1.54) is 0 Å². The van der Waals surface area contributed by atoms with Crippen LogP contribution in [-0.2, 0) is 23.7 Å². The zero-order chi connectivity index (χ0) is 20.6. The SMILES string of the molecule is O=C1OCC[C@]2(O)C1=CO[C@@H](O[C@@H]1O[C@H](CO)[C@@H](O)[C@H](O)[C@@H]1O)[C@@H]2[C@H](O)CCl. The number of hydrogen-bond donors (Lipinski definition) is 6. The summed E-state index contributed by atoms with van der Waals surface area (Å²) in [5.74, 6) is -2.40. The summed E-state index contributed by atoms with van der Waals surface area (Å²) in [6, 6.07) is 0. The summed E-state index contributed by atoms with van der Waals surface area (Å²) in [7, 11) is 0. The maximum atomic E-state index is 12.0. The smallest absolute Gasteiger partial charge is 0.340 e. The Labute approximate surface area is 164 Å². The van der Waals surface area contributed by atoms with Crippen molar-refractivity contribution < 1.29 is 54.4 Å². The lowest BCUT2D eigenvalue weighted by atomic mass is 9.73. The summed E-state index contributed by atoms with van der Waals surface area (Å²) in [5.41, 5.74) is -2.08. The molecule has 3 heterocycles. The molecule has 0 aliphatic carbocycles. The first kappa shape index (κ1) is 21.7. The molecule has 3 rings (SSSR count). The van der Waals surface area contributed by atoms with Crippen LogP contribution in [0.1, 0.15) is 6.42 Å². The molecule has 2 saturated heterocycles. The Morgan fingerprint density at radius 2 is 1.96 bits per heavy atom. The number of cyclic esters (lactones) is 1. The third kappa shape index (κ3) is 3.62. The van der Waals surface area contributed by atoms with Crippen molar-refractivity contribution in [3.63, 3.8) is 0 Å². The van der Waals surface area contributed by atoms with Crippen molar-refractivity contribution in [3.05, 3.63) is 11.8 Å². The lowest BCUT2D eigenvalue weighted by Gasteiger charge is -2.48. The number of hydrogen-bond acceptors (Lipinski definition) is 11. The Bertz CT molecular complexity index is 613. The summed E-state index contributed by atoms with van der Waals surface area (Å²) in [6.45, 7) is -0.769. The molecule has 28 heavy (non-hydrogen) atoms. The maximum absolute atomic E-state index is 12.0. The molecule has 3 aliphatic heterocycles. The van der Waals surface area contributed by atoms with Crippen LogP contribution in [0.15, 0.2) is 11.8 Å². The third-order valence-electron chi connectivity index (χ3n) is 5.26. The largest absolute Gasteiger partial charge is 0.471 e. The van der Waals surface area contributed by atoms with Crippen molar-refractivity contribution in [3.8, 4) is 0 Å². The summed E-state index contributed by atoms with van der Waals surface area (Å²) < 4.78 is 21.0. The van der Waals surface area contributed by atoms with Crippen LogP contribution >= 0.6 is 11.6 Å². The molecule has 12 heteroatoms. The monoisotopic (exact) mass is 426 g/mol. The molecule has 0 unspecified atom stereocenters. The summed E-state index contributed by atoms with van der Waals surface area (Å²) in [6.07, 6.45) is -9.70. The fourth-order valence-electron chi connectivity index (χ4n) is 3.65. The predicted octanol–water partition coefficient (Wildman–Crippen LogP) is -3.06. The van der Waals surface area contributed by atoms with Gasteiger partial charge in [0.1, 0.15) is 35.6 Å². The van der Waals surface area contributed by atoms with Crippen LogP contribution in [-0.4, -0.2) is 104 Å². The average molecular weight is 427 g/mol. The molecule has 0 radical (unpaired) electrons. The second kappa shape index (κ2) is 8.38. The van der Waals surface area contributed by atoms with E-state index in [0.29, 0.717) is 0 Å². The summed E-state index contributed by atoms with van der Waals surface area (Å²) >= 11 is 5.74. The number of carbonyl (C=O) groups excluding carboxylic acids is 1. The van der Waals surface area contributed by atoms with Crippen LogP contribution in [0, 0.1) is 5.92 Å². The van der Waals surface area contributed by atoms with Crippen LogP contribution in [0.3, 0.4) is 0 Å². The van der Waals surface area contributed by atoms with Crippen LogP contribution in [0.25, 0.3) is 0 Å². The molecular formula is C16H23ClO11. The molecular weight excluding hydrogens is 404 g/mol. The third-order valence-corrected chi connectivity index (χ3v) is 5.57. The van der Waals surface area contributed by atoms with Gasteiger partial charge in [-0.15, -0.1) is 11.6 Å².